The molecule has 0 saturated carbocycles. The van der Waals surface area contributed by atoms with E-state index in [1.54, 1.807) is 26.8 Å². The van der Waals surface area contributed by atoms with Crippen molar-refractivity contribution in [3.05, 3.63) is 73.3 Å². The number of ether oxygens (including phenoxy) is 1. The van der Waals surface area contributed by atoms with Gasteiger partial charge in [0.25, 0.3) is 17.4 Å². The number of fused-ring (bicyclic) bond motifs is 5. The van der Waals surface area contributed by atoms with E-state index in [-0.39, 0.29) is 111 Å². The van der Waals surface area contributed by atoms with Crippen LogP contribution in [0.4, 0.5) is 4.39 Å². The Balaban J connectivity index is 0.968. The number of aliphatic hydroxyl groups is 1. The number of Topliss-reactive ketones (excluding diaryl/α,β-unsaturated/α-hetero) is 1. The first kappa shape index (κ1) is 50.7. The van der Waals surface area contributed by atoms with Crippen molar-refractivity contribution in [2.24, 2.45) is 17.6 Å². The zero-order chi connectivity index (χ0) is 49.9. The number of esters is 1. The number of ketones is 1. The number of pyridine rings is 2. The number of nitrogens with two attached hydrogens (primary N) is 1. The Kier molecular flexibility index (Phi) is 15.6. The highest BCUT2D eigenvalue weighted by Crippen LogP contribution is 2.46. The number of hydrogen-bond donors (Lipinski definition) is 5. The molecular weight excluding hydrogens is 890 g/mol. The van der Waals surface area contributed by atoms with Crippen molar-refractivity contribution in [3.8, 4) is 11.4 Å². The molecule has 4 aliphatic rings. The third-order valence-corrected chi connectivity index (χ3v) is 14.2. The first-order valence-electron chi connectivity index (χ1n) is 24.3. The fraction of sp³-hybridized carbons (Fsp3) is 0.549. The molecule has 3 aliphatic heterocycles. The van der Waals surface area contributed by atoms with E-state index in [0.717, 1.165) is 16.5 Å². The van der Waals surface area contributed by atoms with E-state index in [0.29, 0.717) is 91.5 Å². The second-order valence-electron chi connectivity index (χ2n) is 19.2. The molecule has 370 valence electrons. The van der Waals surface area contributed by atoms with Gasteiger partial charge in [0.1, 0.15) is 12.4 Å². The van der Waals surface area contributed by atoms with Gasteiger partial charge in [0.15, 0.2) is 11.4 Å². The van der Waals surface area contributed by atoms with Crippen LogP contribution in [0.2, 0.25) is 0 Å². The van der Waals surface area contributed by atoms with Crippen LogP contribution >= 0.6 is 0 Å². The van der Waals surface area contributed by atoms with E-state index in [1.165, 1.54) is 21.6 Å². The summed E-state index contributed by atoms with van der Waals surface area (Å²) in [5, 5.41) is 21.0. The zero-order valence-electron chi connectivity index (χ0n) is 40.2. The summed E-state index contributed by atoms with van der Waals surface area (Å²) in [6.07, 6.45) is 5.98. The quantitative estimate of drug-likeness (QED) is 0.0422. The van der Waals surface area contributed by atoms with Crippen molar-refractivity contribution in [2.75, 3.05) is 19.6 Å². The molecule has 6 N–H and O–H groups in total. The number of aryl methyl sites for hydroxylation is 1. The highest BCUT2D eigenvalue weighted by molar-refractivity contribution is 6.15. The molecule has 0 fully saturated rings. The molecule has 18 heteroatoms. The summed E-state index contributed by atoms with van der Waals surface area (Å²) in [6.45, 7) is 9.27. The fourth-order valence-corrected chi connectivity index (χ4v) is 10.2. The van der Waals surface area contributed by atoms with Crippen LogP contribution in [-0.4, -0.2) is 86.5 Å². The number of nitrogens with zero attached hydrogens (tertiary/aromatic N) is 3. The van der Waals surface area contributed by atoms with Gasteiger partial charge in [0, 0.05) is 72.5 Å². The first-order chi connectivity index (χ1) is 32.9. The molecule has 0 saturated heterocycles. The van der Waals surface area contributed by atoms with E-state index >= 15 is 4.39 Å². The Morgan fingerprint density at radius 3 is 2.43 bits per heavy atom. The van der Waals surface area contributed by atoms with Crippen LogP contribution in [0.3, 0.4) is 0 Å². The first-order valence-corrected chi connectivity index (χ1v) is 24.3. The summed E-state index contributed by atoms with van der Waals surface area (Å²) in [5.41, 5.74) is 7.85. The lowest BCUT2D eigenvalue weighted by Crippen LogP contribution is -2.46. The number of unbranched alkanes of at least 4 members (excludes halogenated alkanes) is 3. The van der Waals surface area contributed by atoms with Crippen LogP contribution in [0.5, 0.6) is 0 Å². The van der Waals surface area contributed by atoms with E-state index in [4.69, 9.17) is 15.5 Å². The van der Waals surface area contributed by atoms with Gasteiger partial charge in [0.05, 0.1) is 41.1 Å². The third-order valence-electron chi connectivity index (χ3n) is 14.2. The van der Waals surface area contributed by atoms with Gasteiger partial charge in [-0.1, -0.05) is 33.6 Å². The molecule has 3 aromatic rings. The van der Waals surface area contributed by atoms with E-state index in [9.17, 15) is 43.5 Å². The molecule has 69 heavy (non-hydrogen) atoms. The number of carbonyl (C=O) groups excluding carboxylic acids is 7. The lowest BCUT2D eigenvalue weighted by Gasteiger charge is -2.31. The molecular formula is C51H64FN7O10. The molecule has 7 rings (SSSR count). The highest BCUT2D eigenvalue weighted by atomic mass is 19.1. The smallest absolute Gasteiger partial charge is 0.343 e. The Labute approximate surface area is 400 Å². The fourth-order valence-electron chi connectivity index (χ4n) is 10.2. The monoisotopic (exact) mass is 953 g/mol. The normalized spacial score (nSPS) is 18.9. The maximum Gasteiger partial charge on any atom is 0.343 e. The second kappa shape index (κ2) is 21.2. The standard InChI is InChI=1S/C51H64FN7O10/c1-6-51(68)34-23-38-46-32(25-59(38)49(66)33(34)26-69-50(51)67)44-36(17-16-31-29(5)35(52)24-37(56-46)43(31)44)55-40(61)15-12-19-54-47(64)30(13-9-10-18-53)22-39(60)45(27(2)3)57-41(62)14-8-7-11-20-58-42(63)21-28(4)48(58)65/h21,23-24,27,30,36,45,68H,6-20,22,25-26,53H2,1-5H3,(H,54,64)(H,55,61)(H,57,62)/t30-,36+,45+,51+/m1/s1. The summed E-state index contributed by atoms with van der Waals surface area (Å²) in [4.78, 5) is 111. The van der Waals surface area contributed by atoms with Gasteiger partial charge < -0.3 is 36.1 Å². The number of imide groups is 1. The molecule has 0 bridgehead atoms. The topological polar surface area (TPSA) is 249 Å². The number of rotatable bonds is 22. The van der Waals surface area contributed by atoms with Crippen LogP contribution in [0.15, 0.2) is 28.6 Å². The second-order valence-corrected chi connectivity index (χ2v) is 19.2. The molecule has 0 unspecified atom stereocenters. The summed E-state index contributed by atoms with van der Waals surface area (Å²) in [5.74, 6) is -3.99. The molecule has 1 aliphatic carbocycles. The van der Waals surface area contributed by atoms with Crippen molar-refractivity contribution in [1.82, 2.24) is 30.4 Å². The van der Waals surface area contributed by atoms with E-state index in [1.807, 2.05) is 13.8 Å². The minimum absolute atomic E-state index is 0.0232. The maximum atomic E-state index is 15.4. The van der Waals surface area contributed by atoms with Crippen molar-refractivity contribution in [3.63, 3.8) is 0 Å². The van der Waals surface area contributed by atoms with Gasteiger partial charge in [-0.15, -0.1) is 0 Å². The minimum Gasteiger partial charge on any atom is -0.458 e. The molecule has 2 aromatic heterocycles. The molecule has 0 spiro atoms. The predicted octanol–water partition coefficient (Wildman–Crippen LogP) is 4.25. The van der Waals surface area contributed by atoms with Crippen LogP contribution in [0.25, 0.3) is 22.3 Å². The van der Waals surface area contributed by atoms with Gasteiger partial charge >= 0.3 is 5.97 Å². The molecule has 5 amide bonds. The summed E-state index contributed by atoms with van der Waals surface area (Å²) < 4.78 is 22.2. The molecule has 1 aromatic carbocycles. The van der Waals surface area contributed by atoms with E-state index in [2.05, 4.69) is 16.0 Å². The molecule has 17 nitrogen and oxygen atoms in total. The van der Waals surface area contributed by atoms with Crippen LogP contribution < -0.4 is 27.2 Å². The van der Waals surface area contributed by atoms with Crippen LogP contribution in [0, 0.1) is 24.6 Å². The lowest BCUT2D eigenvalue weighted by molar-refractivity contribution is -0.172. The highest BCUT2D eigenvalue weighted by Gasteiger charge is 2.46. The SMILES string of the molecule is CC[C@@]1(O)C(=O)OCc2c1cc1n(c2=O)Cc2c-1nc1cc(F)c(C)c3c1c2[C@@H](NC(=O)CCCNC(=O)[C@H](CCCCN)CC(=O)[C@@H](NC(=O)CCCCCN1C(=O)C=C(C)C1=O)C(C)C)CC3. The largest absolute Gasteiger partial charge is 0.458 e. The summed E-state index contributed by atoms with van der Waals surface area (Å²) in [7, 11) is 0. The Bertz CT molecular complexity index is 2690. The maximum absolute atomic E-state index is 15.4. The number of halogens is 1. The Hall–Kier alpha value is -6.14. The van der Waals surface area contributed by atoms with Crippen molar-refractivity contribution in [2.45, 2.75) is 149 Å². The van der Waals surface area contributed by atoms with Crippen LogP contribution in [0.1, 0.15) is 144 Å². The number of cyclic esters (lactones) is 1. The Morgan fingerprint density at radius 1 is 0.986 bits per heavy atom. The summed E-state index contributed by atoms with van der Waals surface area (Å²) >= 11 is 0. The van der Waals surface area contributed by atoms with Gasteiger partial charge in [-0.05, 0) is 100 Å². The number of nitrogens with one attached hydrogen (secondary N) is 3. The minimum atomic E-state index is -2.02. The van der Waals surface area contributed by atoms with Gasteiger partial charge in [-0.2, -0.15) is 0 Å². The molecule has 4 atom stereocenters. The predicted molar refractivity (Wildman–Crippen MR) is 252 cm³/mol. The van der Waals surface area contributed by atoms with Crippen molar-refractivity contribution < 1.29 is 47.8 Å². The summed E-state index contributed by atoms with van der Waals surface area (Å²) in [6, 6.07) is 1.63. The van der Waals surface area contributed by atoms with Gasteiger partial charge in [-0.25, -0.2) is 14.2 Å². The zero-order valence-corrected chi connectivity index (χ0v) is 40.2. The number of hydrogen-bond acceptors (Lipinski definition) is 12. The number of aromatic nitrogens is 2. The average Bonchev–Trinajstić information content (AvgIpc) is 3.80. The Morgan fingerprint density at radius 2 is 1.74 bits per heavy atom. The van der Waals surface area contributed by atoms with Gasteiger partial charge in [0.2, 0.25) is 17.7 Å². The number of carbonyl (C=O) groups is 7. The average molecular weight is 954 g/mol. The molecule has 0 radical (unpaired) electrons. The van der Waals surface area contributed by atoms with Crippen LogP contribution in [-0.2, 0) is 63.5 Å². The third kappa shape index (κ3) is 10.3. The molecule has 5 heterocycles. The van der Waals surface area contributed by atoms with Gasteiger partial charge in [-0.3, -0.25) is 38.5 Å². The number of amides is 5. The van der Waals surface area contributed by atoms with Crippen molar-refractivity contribution >= 4 is 52.2 Å². The van der Waals surface area contributed by atoms with E-state index < -0.39 is 40.9 Å². The van der Waals surface area contributed by atoms with Crippen molar-refractivity contribution in [1.29, 1.82) is 0 Å². The lowest BCUT2D eigenvalue weighted by atomic mass is 9.81. The number of benzene rings is 1.